The van der Waals surface area contributed by atoms with Gasteiger partial charge in [0, 0.05) is 36.7 Å². The summed E-state index contributed by atoms with van der Waals surface area (Å²) in [4.78, 5) is 19.2. The van der Waals surface area contributed by atoms with Gasteiger partial charge in [0.1, 0.15) is 6.07 Å². The zero-order valence-electron chi connectivity index (χ0n) is 13.2. The van der Waals surface area contributed by atoms with E-state index in [1.165, 1.54) is 11.1 Å². The minimum atomic E-state index is -0.479. The number of nitrogens with two attached hydrogens (primary N) is 1. The molecule has 0 atom stereocenters. The number of pyridine rings is 1. The zero-order valence-corrected chi connectivity index (χ0v) is 13.2. The first-order chi connectivity index (χ1) is 11.0. The van der Waals surface area contributed by atoms with Crippen LogP contribution in [-0.4, -0.2) is 43.1 Å². The van der Waals surface area contributed by atoms with Crippen LogP contribution in [0, 0.1) is 11.3 Å². The Hall–Kier alpha value is -2.91. The van der Waals surface area contributed by atoms with Crippen LogP contribution in [0.4, 0.5) is 10.5 Å². The average Bonchev–Trinajstić information content (AvgIpc) is 2.55. The lowest BCUT2D eigenvalue weighted by atomic mass is 10.1. The number of benzene rings is 1. The summed E-state index contributed by atoms with van der Waals surface area (Å²) in [5.74, 6) is 0. The second-order valence-electron chi connectivity index (χ2n) is 5.41. The van der Waals surface area contributed by atoms with Crippen LogP contribution in [0.25, 0.3) is 11.1 Å². The van der Waals surface area contributed by atoms with Gasteiger partial charge < -0.3 is 10.6 Å². The number of carbonyl (C=O) groups excluding carboxylic acids is 1. The maximum Gasteiger partial charge on any atom is 0.319 e. The van der Waals surface area contributed by atoms with Gasteiger partial charge in [-0.3, -0.25) is 9.88 Å². The van der Waals surface area contributed by atoms with Gasteiger partial charge in [0.25, 0.3) is 0 Å². The molecule has 2 N–H and O–H groups in total. The number of hydrogen-bond donors (Lipinski definition) is 1. The Bertz CT molecular complexity index is 719. The van der Waals surface area contributed by atoms with Crippen molar-refractivity contribution in [1.82, 2.24) is 9.88 Å². The number of aromatic nitrogens is 1. The van der Waals surface area contributed by atoms with Gasteiger partial charge in [-0.25, -0.2) is 4.79 Å². The Morgan fingerprint density at radius 3 is 2.43 bits per heavy atom. The fourth-order valence-electron chi connectivity index (χ4n) is 2.16. The third-order valence-electron chi connectivity index (χ3n) is 3.42. The highest BCUT2D eigenvalue weighted by Crippen LogP contribution is 2.23. The molecule has 0 aliphatic rings. The number of likely N-dealkylation sites (N-methyl/N-ethyl adjacent to an activating group) is 1. The molecule has 0 aliphatic carbocycles. The van der Waals surface area contributed by atoms with Crippen LogP contribution in [0.5, 0.6) is 0 Å². The van der Waals surface area contributed by atoms with Crippen LogP contribution < -0.4 is 10.6 Å². The molecule has 1 heterocycles. The van der Waals surface area contributed by atoms with Crippen molar-refractivity contribution in [3.63, 3.8) is 0 Å². The fourth-order valence-corrected chi connectivity index (χ4v) is 2.16. The quantitative estimate of drug-likeness (QED) is 0.916. The van der Waals surface area contributed by atoms with E-state index in [0.29, 0.717) is 12.1 Å². The number of anilines is 1. The second-order valence-corrected chi connectivity index (χ2v) is 5.41. The molecule has 0 aliphatic heterocycles. The summed E-state index contributed by atoms with van der Waals surface area (Å²) >= 11 is 0. The third kappa shape index (κ3) is 4.28. The van der Waals surface area contributed by atoms with E-state index in [-0.39, 0.29) is 0 Å². The molecule has 2 amide bonds. The molecule has 118 valence electrons. The van der Waals surface area contributed by atoms with Crippen molar-refractivity contribution >= 4 is 11.7 Å². The van der Waals surface area contributed by atoms with Crippen LogP contribution in [0.2, 0.25) is 0 Å². The van der Waals surface area contributed by atoms with Crippen molar-refractivity contribution in [3.8, 4) is 17.2 Å². The van der Waals surface area contributed by atoms with Crippen LogP contribution in [0.15, 0.2) is 42.7 Å². The Balaban J connectivity index is 2.23. The highest BCUT2D eigenvalue weighted by molar-refractivity contribution is 5.91. The third-order valence-corrected chi connectivity index (χ3v) is 3.42. The lowest BCUT2D eigenvalue weighted by Gasteiger charge is -2.22. The molecular formula is C17H19N5O. The Morgan fingerprint density at radius 1 is 1.17 bits per heavy atom. The number of hydrogen-bond acceptors (Lipinski definition) is 4. The van der Waals surface area contributed by atoms with Crippen LogP contribution >= 0.6 is 0 Å². The predicted molar refractivity (Wildman–Crippen MR) is 89.9 cm³/mol. The average molecular weight is 309 g/mol. The summed E-state index contributed by atoms with van der Waals surface area (Å²) in [5.41, 5.74) is 8.50. The first-order valence-corrected chi connectivity index (χ1v) is 7.18. The number of primary amides is 1. The molecule has 0 bridgehead atoms. The molecule has 1 aromatic heterocycles. The highest BCUT2D eigenvalue weighted by Gasteiger charge is 2.12. The maximum atomic E-state index is 11.6. The van der Waals surface area contributed by atoms with Crippen molar-refractivity contribution in [3.05, 3.63) is 48.3 Å². The monoisotopic (exact) mass is 309 g/mol. The summed E-state index contributed by atoms with van der Waals surface area (Å²) in [6.45, 7) is 1.24. The molecule has 0 unspecified atom stereocenters. The van der Waals surface area contributed by atoms with Gasteiger partial charge in [0.05, 0.1) is 5.56 Å². The molecule has 0 saturated carbocycles. The molecule has 23 heavy (non-hydrogen) atoms. The van der Waals surface area contributed by atoms with Crippen molar-refractivity contribution in [2.45, 2.75) is 0 Å². The van der Waals surface area contributed by atoms with E-state index in [1.54, 1.807) is 12.3 Å². The molecule has 6 nitrogen and oxygen atoms in total. The SMILES string of the molecule is CN(C)CCN(C(N)=O)c1ccc(-c2cncc(C#N)c2)cc1. The van der Waals surface area contributed by atoms with E-state index in [2.05, 4.69) is 11.1 Å². The topological polar surface area (TPSA) is 86.2 Å². The summed E-state index contributed by atoms with van der Waals surface area (Å²) in [7, 11) is 3.88. The number of urea groups is 1. The van der Waals surface area contributed by atoms with Crippen molar-refractivity contribution in [2.24, 2.45) is 5.73 Å². The van der Waals surface area contributed by atoms with Crippen molar-refractivity contribution < 1.29 is 4.79 Å². The summed E-state index contributed by atoms with van der Waals surface area (Å²) in [6, 6.07) is 10.8. The van der Waals surface area contributed by atoms with Gasteiger partial charge in [0.15, 0.2) is 0 Å². The van der Waals surface area contributed by atoms with E-state index in [4.69, 9.17) is 11.0 Å². The fraction of sp³-hybridized carbons (Fsp3) is 0.235. The minimum Gasteiger partial charge on any atom is -0.351 e. The number of nitrogens with zero attached hydrogens (tertiary/aromatic N) is 4. The van der Waals surface area contributed by atoms with Gasteiger partial charge in [-0.05, 0) is 37.9 Å². The Kier molecular flexibility index (Phi) is 5.28. The molecule has 2 rings (SSSR count). The summed E-state index contributed by atoms with van der Waals surface area (Å²) in [6.07, 6.45) is 3.22. The Morgan fingerprint density at radius 2 is 1.87 bits per heavy atom. The lowest BCUT2D eigenvalue weighted by Crippen LogP contribution is -2.40. The molecule has 1 aromatic carbocycles. The minimum absolute atomic E-state index is 0.479. The predicted octanol–water partition coefficient (Wildman–Crippen LogP) is 2.07. The van der Waals surface area contributed by atoms with Gasteiger partial charge in [-0.1, -0.05) is 12.1 Å². The van der Waals surface area contributed by atoms with Crippen molar-refractivity contribution in [1.29, 1.82) is 5.26 Å². The van der Waals surface area contributed by atoms with Crippen LogP contribution in [-0.2, 0) is 0 Å². The van der Waals surface area contributed by atoms with Gasteiger partial charge in [-0.15, -0.1) is 0 Å². The smallest absolute Gasteiger partial charge is 0.319 e. The van der Waals surface area contributed by atoms with E-state index >= 15 is 0 Å². The van der Waals surface area contributed by atoms with Gasteiger partial charge in [-0.2, -0.15) is 5.26 Å². The van der Waals surface area contributed by atoms with E-state index in [9.17, 15) is 4.79 Å². The number of nitriles is 1. The maximum absolute atomic E-state index is 11.6. The lowest BCUT2D eigenvalue weighted by molar-refractivity contribution is 0.253. The normalized spacial score (nSPS) is 10.3. The second kappa shape index (κ2) is 7.38. The van der Waals surface area contributed by atoms with E-state index < -0.39 is 6.03 Å². The van der Waals surface area contributed by atoms with Crippen LogP contribution in [0.1, 0.15) is 5.56 Å². The standard InChI is InChI=1S/C17H19N5O/c1-21(2)7-8-22(17(19)23)16-5-3-14(4-6-16)15-9-13(10-18)11-20-12-15/h3-6,9,11-12H,7-8H2,1-2H3,(H2,19,23). The van der Waals surface area contributed by atoms with E-state index in [1.807, 2.05) is 43.3 Å². The first-order valence-electron chi connectivity index (χ1n) is 7.18. The molecule has 0 radical (unpaired) electrons. The summed E-state index contributed by atoms with van der Waals surface area (Å²) in [5, 5.41) is 8.94. The molecular weight excluding hydrogens is 290 g/mol. The molecule has 0 saturated heterocycles. The molecule has 6 heteroatoms. The van der Waals surface area contributed by atoms with Crippen LogP contribution in [0.3, 0.4) is 0 Å². The Labute approximate surface area is 135 Å². The van der Waals surface area contributed by atoms with E-state index in [0.717, 1.165) is 23.4 Å². The van der Waals surface area contributed by atoms with Gasteiger partial charge in [0.2, 0.25) is 0 Å². The zero-order chi connectivity index (χ0) is 16.8. The molecule has 0 fully saturated rings. The highest BCUT2D eigenvalue weighted by atomic mass is 16.2. The first kappa shape index (κ1) is 16.5. The largest absolute Gasteiger partial charge is 0.351 e. The summed E-state index contributed by atoms with van der Waals surface area (Å²) < 4.78 is 0. The number of amides is 2. The molecule has 2 aromatic rings. The van der Waals surface area contributed by atoms with Gasteiger partial charge >= 0.3 is 6.03 Å². The molecule has 0 spiro atoms. The van der Waals surface area contributed by atoms with Crippen molar-refractivity contribution in [2.75, 3.05) is 32.1 Å². The number of rotatable bonds is 5. The number of carbonyl (C=O) groups is 1.